The maximum atomic E-state index is 11.8. The molecule has 1 aromatic heterocycles. The fourth-order valence-corrected chi connectivity index (χ4v) is 1.97. The van der Waals surface area contributed by atoms with E-state index in [-0.39, 0.29) is 5.91 Å². The predicted octanol–water partition coefficient (Wildman–Crippen LogP) is 0.0760. The fraction of sp³-hybridized carbons (Fsp3) is 0.545. The number of rotatable bonds is 3. The summed E-state index contributed by atoms with van der Waals surface area (Å²) in [7, 11) is 1.67. The molecule has 1 atom stereocenters. The highest BCUT2D eigenvalue weighted by atomic mass is 16.3. The first-order valence-electron chi connectivity index (χ1n) is 5.33. The molecule has 0 radical (unpaired) electrons. The summed E-state index contributed by atoms with van der Waals surface area (Å²) in [5.41, 5.74) is -0.809. The minimum absolute atomic E-state index is 0.203. The summed E-state index contributed by atoms with van der Waals surface area (Å²) in [4.78, 5) is 13.3. The zero-order valence-corrected chi connectivity index (χ0v) is 9.27. The van der Waals surface area contributed by atoms with E-state index in [9.17, 15) is 9.90 Å². The second kappa shape index (κ2) is 4.27. The van der Waals surface area contributed by atoms with Crippen LogP contribution < -0.4 is 5.32 Å². The standard InChI is InChI=1S/C11H16N2O3/c1-13(8-11(15)4-5-12-7-11)10(14)9-3-2-6-16-9/h2-3,6,12,15H,4-5,7-8H2,1H3. The first-order chi connectivity index (χ1) is 7.61. The molecule has 2 heterocycles. The van der Waals surface area contributed by atoms with Crippen LogP contribution in [0.15, 0.2) is 22.8 Å². The summed E-state index contributed by atoms with van der Waals surface area (Å²) in [5.74, 6) is 0.0994. The van der Waals surface area contributed by atoms with Gasteiger partial charge in [-0.2, -0.15) is 0 Å². The molecule has 0 aliphatic carbocycles. The van der Waals surface area contributed by atoms with Gasteiger partial charge in [0.1, 0.15) is 0 Å². The minimum Gasteiger partial charge on any atom is -0.459 e. The van der Waals surface area contributed by atoms with E-state index in [4.69, 9.17) is 4.42 Å². The van der Waals surface area contributed by atoms with Gasteiger partial charge < -0.3 is 19.7 Å². The Morgan fingerprint density at radius 2 is 2.56 bits per heavy atom. The molecule has 16 heavy (non-hydrogen) atoms. The van der Waals surface area contributed by atoms with Gasteiger partial charge in [-0.15, -0.1) is 0 Å². The molecule has 0 saturated carbocycles. The molecule has 1 amide bonds. The maximum Gasteiger partial charge on any atom is 0.289 e. The molecule has 1 aromatic rings. The number of nitrogens with zero attached hydrogens (tertiary/aromatic N) is 1. The van der Waals surface area contributed by atoms with Crippen LogP contribution in [-0.4, -0.2) is 48.2 Å². The summed E-state index contributed by atoms with van der Waals surface area (Å²) in [5, 5.41) is 13.2. The zero-order valence-electron chi connectivity index (χ0n) is 9.27. The Labute approximate surface area is 94.0 Å². The Balaban J connectivity index is 1.97. The average Bonchev–Trinajstić information content (AvgIpc) is 2.87. The summed E-state index contributed by atoms with van der Waals surface area (Å²) in [6.07, 6.45) is 2.13. The SMILES string of the molecule is CN(CC1(O)CCNC1)C(=O)c1ccco1. The van der Waals surface area contributed by atoms with Crippen molar-refractivity contribution in [3.05, 3.63) is 24.2 Å². The maximum absolute atomic E-state index is 11.8. The van der Waals surface area contributed by atoms with E-state index in [1.54, 1.807) is 19.2 Å². The molecular weight excluding hydrogens is 208 g/mol. The Bertz CT molecular complexity index is 355. The first-order valence-corrected chi connectivity index (χ1v) is 5.33. The molecule has 5 heteroatoms. The van der Waals surface area contributed by atoms with Gasteiger partial charge in [0, 0.05) is 13.6 Å². The van der Waals surface area contributed by atoms with Crippen LogP contribution in [-0.2, 0) is 0 Å². The van der Waals surface area contributed by atoms with Crippen molar-refractivity contribution in [1.82, 2.24) is 10.2 Å². The monoisotopic (exact) mass is 224 g/mol. The van der Waals surface area contributed by atoms with Gasteiger partial charge in [-0.25, -0.2) is 0 Å². The fourth-order valence-electron chi connectivity index (χ4n) is 1.97. The van der Waals surface area contributed by atoms with Crippen molar-refractivity contribution in [1.29, 1.82) is 0 Å². The summed E-state index contributed by atoms with van der Waals surface area (Å²) >= 11 is 0. The minimum atomic E-state index is -0.809. The van der Waals surface area contributed by atoms with Crippen LogP contribution in [0.4, 0.5) is 0 Å². The van der Waals surface area contributed by atoms with Gasteiger partial charge in [0.2, 0.25) is 0 Å². The summed E-state index contributed by atoms with van der Waals surface area (Å²) in [6.45, 7) is 1.64. The third kappa shape index (κ3) is 2.25. The van der Waals surface area contributed by atoms with E-state index in [1.165, 1.54) is 11.2 Å². The Morgan fingerprint density at radius 3 is 3.12 bits per heavy atom. The molecule has 1 aliphatic rings. The van der Waals surface area contributed by atoms with Gasteiger partial charge in [-0.1, -0.05) is 0 Å². The number of β-amino-alcohol motifs (C(OH)–C–C–N with tert-alkyl or cyclic N) is 1. The lowest BCUT2D eigenvalue weighted by molar-refractivity contribution is 0.0240. The average molecular weight is 224 g/mol. The van der Waals surface area contributed by atoms with Crippen molar-refractivity contribution in [3.8, 4) is 0 Å². The van der Waals surface area contributed by atoms with Gasteiger partial charge in [0.15, 0.2) is 5.76 Å². The molecule has 2 N–H and O–H groups in total. The highest BCUT2D eigenvalue weighted by molar-refractivity contribution is 5.91. The summed E-state index contributed by atoms with van der Waals surface area (Å²) in [6, 6.07) is 3.29. The highest BCUT2D eigenvalue weighted by Gasteiger charge is 2.33. The van der Waals surface area contributed by atoms with Gasteiger partial charge in [-0.3, -0.25) is 4.79 Å². The second-order valence-corrected chi connectivity index (χ2v) is 4.29. The Hall–Kier alpha value is -1.33. The third-order valence-corrected chi connectivity index (χ3v) is 2.83. The number of amides is 1. The summed E-state index contributed by atoms with van der Waals surface area (Å²) < 4.78 is 5.03. The molecule has 1 saturated heterocycles. The van der Waals surface area contributed by atoms with E-state index in [2.05, 4.69) is 5.32 Å². The van der Waals surface area contributed by atoms with Crippen molar-refractivity contribution < 1.29 is 14.3 Å². The van der Waals surface area contributed by atoms with Crippen LogP contribution in [0.25, 0.3) is 0 Å². The number of likely N-dealkylation sites (N-methyl/N-ethyl adjacent to an activating group) is 1. The van der Waals surface area contributed by atoms with E-state index < -0.39 is 5.60 Å². The number of hydrogen-bond acceptors (Lipinski definition) is 4. The highest BCUT2D eigenvalue weighted by Crippen LogP contribution is 2.16. The van der Waals surface area contributed by atoms with Crippen molar-refractivity contribution in [2.24, 2.45) is 0 Å². The topological polar surface area (TPSA) is 65.7 Å². The lowest BCUT2D eigenvalue weighted by Crippen LogP contribution is -2.45. The predicted molar refractivity (Wildman–Crippen MR) is 58.1 cm³/mol. The van der Waals surface area contributed by atoms with Crippen LogP contribution in [0, 0.1) is 0 Å². The van der Waals surface area contributed by atoms with E-state index in [0.717, 1.165) is 6.54 Å². The van der Waals surface area contributed by atoms with Gasteiger partial charge >= 0.3 is 0 Å². The number of carbonyl (C=O) groups excluding carboxylic acids is 1. The molecule has 1 aliphatic heterocycles. The smallest absolute Gasteiger partial charge is 0.289 e. The second-order valence-electron chi connectivity index (χ2n) is 4.29. The number of nitrogens with one attached hydrogen (secondary N) is 1. The molecule has 0 bridgehead atoms. The van der Waals surface area contributed by atoms with E-state index in [0.29, 0.717) is 25.3 Å². The van der Waals surface area contributed by atoms with Crippen LogP contribution in [0.5, 0.6) is 0 Å². The lowest BCUT2D eigenvalue weighted by Gasteiger charge is -2.27. The molecule has 88 valence electrons. The van der Waals surface area contributed by atoms with E-state index in [1.807, 2.05) is 0 Å². The molecule has 1 fully saturated rings. The third-order valence-electron chi connectivity index (χ3n) is 2.83. The number of carbonyl (C=O) groups is 1. The largest absolute Gasteiger partial charge is 0.459 e. The van der Waals surface area contributed by atoms with Crippen molar-refractivity contribution in [2.45, 2.75) is 12.0 Å². The first kappa shape index (κ1) is 11.2. The Kier molecular flexibility index (Phi) is 2.98. The van der Waals surface area contributed by atoms with Gasteiger partial charge in [-0.05, 0) is 25.1 Å². The lowest BCUT2D eigenvalue weighted by atomic mass is 10.0. The van der Waals surface area contributed by atoms with Crippen molar-refractivity contribution in [2.75, 3.05) is 26.7 Å². The van der Waals surface area contributed by atoms with Crippen LogP contribution >= 0.6 is 0 Å². The van der Waals surface area contributed by atoms with Gasteiger partial charge in [0.25, 0.3) is 5.91 Å². The molecule has 5 nitrogen and oxygen atoms in total. The Morgan fingerprint density at radius 1 is 1.75 bits per heavy atom. The van der Waals surface area contributed by atoms with Crippen LogP contribution in [0.3, 0.4) is 0 Å². The van der Waals surface area contributed by atoms with E-state index >= 15 is 0 Å². The molecular formula is C11H16N2O3. The zero-order chi connectivity index (χ0) is 11.6. The van der Waals surface area contributed by atoms with Crippen LogP contribution in [0.2, 0.25) is 0 Å². The van der Waals surface area contributed by atoms with Crippen molar-refractivity contribution in [3.63, 3.8) is 0 Å². The number of aliphatic hydroxyl groups is 1. The van der Waals surface area contributed by atoms with Gasteiger partial charge in [0.05, 0.1) is 18.4 Å². The molecule has 2 rings (SSSR count). The molecule has 0 spiro atoms. The van der Waals surface area contributed by atoms with Crippen molar-refractivity contribution >= 4 is 5.91 Å². The molecule has 0 aromatic carbocycles. The molecule has 1 unspecified atom stereocenters. The number of furan rings is 1. The quantitative estimate of drug-likeness (QED) is 0.763. The number of hydrogen-bond donors (Lipinski definition) is 2. The van der Waals surface area contributed by atoms with Crippen LogP contribution in [0.1, 0.15) is 17.0 Å². The normalized spacial score (nSPS) is 24.6.